The van der Waals surface area contributed by atoms with Crippen LogP contribution < -0.4 is 14.8 Å². The molecule has 0 heterocycles. The number of anilines is 2. The number of para-hydroxylation sites is 2. The van der Waals surface area contributed by atoms with Gasteiger partial charge in [0.1, 0.15) is 0 Å². The lowest BCUT2D eigenvalue weighted by Gasteiger charge is -2.21. The Morgan fingerprint density at radius 3 is 2.56 bits per heavy atom. The van der Waals surface area contributed by atoms with Gasteiger partial charge in [-0.15, -0.1) is 0 Å². The van der Waals surface area contributed by atoms with Gasteiger partial charge >= 0.3 is 10.2 Å². The van der Waals surface area contributed by atoms with E-state index in [4.69, 9.17) is 5.73 Å². The molecule has 1 fully saturated rings. The fourth-order valence-electron chi connectivity index (χ4n) is 1.39. The molecule has 3 N–H and O–H groups in total. The van der Waals surface area contributed by atoms with Gasteiger partial charge < -0.3 is 5.73 Å². The Hall–Kier alpha value is -1.27. The van der Waals surface area contributed by atoms with Gasteiger partial charge in [-0.25, -0.2) is 0 Å². The van der Waals surface area contributed by atoms with Crippen molar-refractivity contribution in [3.05, 3.63) is 24.3 Å². The summed E-state index contributed by atoms with van der Waals surface area (Å²) in [7, 11) is -1.97. The van der Waals surface area contributed by atoms with Crippen LogP contribution >= 0.6 is 0 Å². The maximum atomic E-state index is 11.9. The summed E-state index contributed by atoms with van der Waals surface area (Å²) >= 11 is 0. The van der Waals surface area contributed by atoms with Crippen LogP contribution in [0.3, 0.4) is 0 Å². The second-order valence-electron chi connectivity index (χ2n) is 3.92. The van der Waals surface area contributed by atoms with Crippen molar-refractivity contribution in [2.45, 2.75) is 18.9 Å². The lowest BCUT2D eigenvalue weighted by atomic mass is 10.3. The maximum Gasteiger partial charge on any atom is 0.301 e. The molecule has 1 aromatic carbocycles. The zero-order valence-corrected chi connectivity index (χ0v) is 9.87. The number of nitrogens with zero attached hydrogens (tertiary/aromatic N) is 1. The van der Waals surface area contributed by atoms with Crippen molar-refractivity contribution in [2.24, 2.45) is 0 Å². The standard InChI is InChI=1S/C10H15N3O2S/c1-13(10-5-3-2-4-9(10)11)16(14,15)12-8-6-7-8/h2-5,8,12H,6-7,11H2,1H3. The van der Waals surface area contributed by atoms with E-state index >= 15 is 0 Å². The largest absolute Gasteiger partial charge is 0.397 e. The Balaban J connectivity index is 2.23. The van der Waals surface area contributed by atoms with Gasteiger partial charge in [0.05, 0.1) is 11.4 Å². The van der Waals surface area contributed by atoms with E-state index in [1.54, 1.807) is 24.3 Å². The number of nitrogen functional groups attached to an aromatic ring is 1. The Kier molecular flexibility index (Phi) is 2.77. The van der Waals surface area contributed by atoms with Crippen LogP contribution in [0.25, 0.3) is 0 Å². The molecule has 1 aliphatic carbocycles. The van der Waals surface area contributed by atoms with Gasteiger partial charge in [0.25, 0.3) is 0 Å². The van der Waals surface area contributed by atoms with E-state index in [-0.39, 0.29) is 6.04 Å². The van der Waals surface area contributed by atoms with Crippen molar-refractivity contribution in [3.63, 3.8) is 0 Å². The smallest absolute Gasteiger partial charge is 0.301 e. The van der Waals surface area contributed by atoms with Crippen LogP contribution in [0.2, 0.25) is 0 Å². The van der Waals surface area contributed by atoms with E-state index in [0.29, 0.717) is 11.4 Å². The van der Waals surface area contributed by atoms with Crippen LogP contribution in [0.15, 0.2) is 24.3 Å². The van der Waals surface area contributed by atoms with Gasteiger partial charge in [-0.1, -0.05) is 12.1 Å². The molecule has 0 amide bonds. The van der Waals surface area contributed by atoms with E-state index < -0.39 is 10.2 Å². The second kappa shape index (κ2) is 3.95. The minimum Gasteiger partial charge on any atom is -0.397 e. The van der Waals surface area contributed by atoms with Gasteiger partial charge in [0, 0.05) is 13.1 Å². The molecule has 2 rings (SSSR count). The van der Waals surface area contributed by atoms with E-state index in [1.807, 2.05) is 0 Å². The normalized spacial score (nSPS) is 16.1. The number of nitrogens with two attached hydrogens (primary N) is 1. The van der Waals surface area contributed by atoms with Gasteiger partial charge in [-0.05, 0) is 25.0 Å². The predicted molar refractivity (Wildman–Crippen MR) is 64.3 cm³/mol. The summed E-state index contributed by atoms with van der Waals surface area (Å²) in [4.78, 5) is 0. The third-order valence-corrected chi connectivity index (χ3v) is 4.08. The van der Waals surface area contributed by atoms with Crippen molar-refractivity contribution in [3.8, 4) is 0 Å². The van der Waals surface area contributed by atoms with Crippen LogP contribution in [0.5, 0.6) is 0 Å². The lowest BCUT2D eigenvalue weighted by molar-refractivity contribution is 0.579. The van der Waals surface area contributed by atoms with Crippen LogP contribution in [-0.2, 0) is 10.2 Å². The van der Waals surface area contributed by atoms with Crippen LogP contribution in [0.1, 0.15) is 12.8 Å². The third kappa shape index (κ3) is 2.28. The highest BCUT2D eigenvalue weighted by Crippen LogP contribution is 2.25. The van der Waals surface area contributed by atoms with Crippen molar-refractivity contribution >= 4 is 21.6 Å². The average molecular weight is 241 g/mol. The zero-order chi connectivity index (χ0) is 11.8. The van der Waals surface area contributed by atoms with E-state index in [2.05, 4.69) is 4.72 Å². The highest BCUT2D eigenvalue weighted by molar-refractivity contribution is 7.90. The first-order chi connectivity index (χ1) is 7.50. The van der Waals surface area contributed by atoms with E-state index in [0.717, 1.165) is 12.8 Å². The van der Waals surface area contributed by atoms with Gasteiger partial charge in [0.2, 0.25) is 0 Å². The topological polar surface area (TPSA) is 75.4 Å². The highest BCUT2D eigenvalue weighted by atomic mass is 32.2. The molecule has 1 aromatic rings. The molecule has 0 aliphatic heterocycles. The molecule has 88 valence electrons. The molecule has 0 saturated heterocycles. The first kappa shape index (κ1) is 11.2. The first-order valence-electron chi connectivity index (χ1n) is 5.11. The van der Waals surface area contributed by atoms with Gasteiger partial charge in [0.15, 0.2) is 0 Å². The first-order valence-corrected chi connectivity index (χ1v) is 6.55. The summed E-state index contributed by atoms with van der Waals surface area (Å²) in [6.07, 6.45) is 1.83. The summed E-state index contributed by atoms with van der Waals surface area (Å²) in [6.45, 7) is 0. The number of hydrogen-bond donors (Lipinski definition) is 2. The molecule has 1 saturated carbocycles. The Labute approximate surface area is 95.4 Å². The molecule has 1 aliphatic rings. The lowest BCUT2D eigenvalue weighted by Crippen LogP contribution is -2.39. The molecule has 6 heteroatoms. The third-order valence-electron chi connectivity index (χ3n) is 2.53. The SMILES string of the molecule is CN(c1ccccc1N)S(=O)(=O)NC1CC1. The molecular weight excluding hydrogens is 226 g/mol. The van der Waals surface area contributed by atoms with Crippen LogP contribution in [-0.4, -0.2) is 21.5 Å². The summed E-state index contributed by atoms with van der Waals surface area (Å²) in [6, 6.07) is 6.99. The molecule has 0 atom stereocenters. The summed E-state index contributed by atoms with van der Waals surface area (Å²) < 4.78 is 27.6. The number of benzene rings is 1. The molecular formula is C10H15N3O2S. The van der Waals surface area contributed by atoms with Crippen LogP contribution in [0.4, 0.5) is 11.4 Å². The summed E-state index contributed by atoms with van der Waals surface area (Å²) in [5, 5.41) is 0. The predicted octanol–water partition coefficient (Wildman–Crippen LogP) is 0.702. The number of nitrogens with one attached hydrogen (secondary N) is 1. The highest BCUT2D eigenvalue weighted by Gasteiger charge is 2.29. The van der Waals surface area contributed by atoms with Gasteiger partial charge in [-0.3, -0.25) is 4.31 Å². The number of hydrogen-bond acceptors (Lipinski definition) is 3. The van der Waals surface area contributed by atoms with Crippen molar-refractivity contribution < 1.29 is 8.42 Å². The minimum atomic E-state index is -3.47. The Morgan fingerprint density at radius 2 is 2.00 bits per heavy atom. The maximum absolute atomic E-state index is 11.9. The molecule has 0 bridgehead atoms. The van der Waals surface area contributed by atoms with E-state index in [1.165, 1.54) is 11.4 Å². The molecule has 0 spiro atoms. The quantitative estimate of drug-likeness (QED) is 0.762. The monoisotopic (exact) mass is 241 g/mol. The second-order valence-corrected chi connectivity index (χ2v) is 5.66. The molecule has 0 aromatic heterocycles. The van der Waals surface area contributed by atoms with Gasteiger partial charge in [-0.2, -0.15) is 13.1 Å². The number of rotatable bonds is 4. The molecule has 16 heavy (non-hydrogen) atoms. The summed E-state index contributed by atoms with van der Waals surface area (Å²) in [5.41, 5.74) is 6.68. The fourth-order valence-corrected chi connectivity index (χ4v) is 2.63. The Bertz CT molecular complexity index is 483. The van der Waals surface area contributed by atoms with Crippen LogP contribution in [0, 0.1) is 0 Å². The zero-order valence-electron chi connectivity index (χ0n) is 9.05. The molecule has 5 nitrogen and oxygen atoms in total. The van der Waals surface area contributed by atoms with Crippen molar-refractivity contribution in [1.29, 1.82) is 0 Å². The summed E-state index contributed by atoms with van der Waals surface area (Å²) in [5.74, 6) is 0. The molecule has 0 radical (unpaired) electrons. The van der Waals surface area contributed by atoms with Crippen molar-refractivity contribution in [1.82, 2.24) is 4.72 Å². The molecule has 0 unspecified atom stereocenters. The average Bonchev–Trinajstić information content (AvgIpc) is 3.01. The fraction of sp³-hybridized carbons (Fsp3) is 0.400. The minimum absolute atomic E-state index is 0.0948. The Morgan fingerprint density at radius 1 is 1.38 bits per heavy atom. The van der Waals surface area contributed by atoms with E-state index in [9.17, 15) is 8.42 Å². The van der Waals surface area contributed by atoms with Crippen molar-refractivity contribution in [2.75, 3.05) is 17.1 Å².